The van der Waals surface area contributed by atoms with E-state index in [9.17, 15) is 0 Å². The third kappa shape index (κ3) is 2.07. The summed E-state index contributed by atoms with van der Waals surface area (Å²) < 4.78 is 7.85. The third-order valence-electron chi connectivity index (χ3n) is 6.64. The average Bonchev–Trinajstić information content (AvgIpc) is 2.82. The number of hydrogen-bond donors (Lipinski definition) is 0. The topological polar surface area (TPSA) is 24.8 Å². The quantitative estimate of drug-likeness (QED) is 0.406. The molecule has 0 radical (unpaired) electrons. The smallest absolute Gasteiger partial charge is 0.228 e. The van der Waals surface area contributed by atoms with Crippen LogP contribution in [0, 0.1) is 13.8 Å². The van der Waals surface area contributed by atoms with E-state index < -0.39 is 5.72 Å². The van der Waals surface area contributed by atoms with Gasteiger partial charge in [-0.05, 0) is 74.0 Å². The number of hydrogen-bond acceptors (Lipinski definition) is 3. The Morgan fingerprint density at radius 2 is 1.82 bits per heavy atom. The predicted molar refractivity (Wildman–Crippen MR) is 121 cm³/mol. The Morgan fingerprint density at radius 3 is 2.61 bits per heavy atom. The molecule has 1 unspecified atom stereocenters. The van der Waals surface area contributed by atoms with Crippen LogP contribution in [0.2, 0.25) is 0 Å². The first-order valence-electron chi connectivity index (χ1n) is 9.57. The number of rotatable bonds is 0. The molecule has 1 spiro atoms. The summed E-state index contributed by atoms with van der Waals surface area (Å²) in [4.78, 5) is 7.20. The molecule has 3 aromatic carbocycles. The van der Waals surface area contributed by atoms with Gasteiger partial charge in [0.2, 0.25) is 5.72 Å². The summed E-state index contributed by atoms with van der Waals surface area (Å²) >= 11 is 3.55. The molecule has 1 atom stereocenters. The van der Waals surface area contributed by atoms with Crippen LogP contribution in [0.5, 0.6) is 5.75 Å². The number of halogens is 1. The summed E-state index contributed by atoms with van der Waals surface area (Å²) in [6, 6.07) is 14.8. The van der Waals surface area contributed by atoms with Gasteiger partial charge in [0.1, 0.15) is 11.4 Å². The molecular formula is C24H23BrN2O. The average molecular weight is 435 g/mol. The fraction of sp³-hybridized carbons (Fsp3) is 0.292. The molecule has 3 nitrogen and oxygen atoms in total. The second-order valence-electron chi connectivity index (χ2n) is 8.42. The van der Waals surface area contributed by atoms with Crippen LogP contribution in [0.3, 0.4) is 0 Å². The van der Waals surface area contributed by atoms with Crippen LogP contribution in [0.25, 0.3) is 10.8 Å². The highest BCUT2D eigenvalue weighted by molar-refractivity contribution is 9.10. The van der Waals surface area contributed by atoms with E-state index in [4.69, 9.17) is 9.73 Å². The van der Waals surface area contributed by atoms with Crippen molar-refractivity contribution < 1.29 is 4.74 Å². The van der Waals surface area contributed by atoms with Gasteiger partial charge in [-0.1, -0.05) is 34.1 Å². The minimum atomic E-state index is -0.649. The highest BCUT2D eigenvalue weighted by Gasteiger charge is 2.59. The zero-order valence-electron chi connectivity index (χ0n) is 16.8. The Kier molecular flexibility index (Phi) is 3.55. The molecule has 4 heteroatoms. The molecule has 0 aromatic heterocycles. The summed E-state index contributed by atoms with van der Waals surface area (Å²) in [5.74, 6) is 0.833. The molecule has 142 valence electrons. The molecule has 0 amide bonds. The Balaban J connectivity index is 1.71. The van der Waals surface area contributed by atoms with Crippen LogP contribution in [0.1, 0.15) is 30.5 Å². The van der Waals surface area contributed by atoms with E-state index >= 15 is 0 Å². The number of fused-ring (bicyclic) bond motifs is 4. The van der Waals surface area contributed by atoms with Gasteiger partial charge in [-0.25, -0.2) is 0 Å². The lowest BCUT2D eigenvalue weighted by Gasteiger charge is -2.45. The Labute approximate surface area is 174 Å². The molecule has 0 N–H and O–H groups in total. The Bertz CT molecular complexity index is 1180. The van der Waals surface area contributed by atoms with Gasteiger partial charge < -0.3 is 9.64 Å². The molecule has 0 aliphatic carbocycles. The van der Waals surface area contributed by atoms with Crippen LogP contribution in [0.4, 0.5) is 11.4 Å². The summed E-state index contributed by atoms with van der Waals surface area (Å²) in [7, 11) is 2.11. The summed E-state index contributed by atoms with van der Waals surface area (Å²) in [5.41, 5.74) is 5.21. The lowest BCUT2D eigenvalue weighted by atomic mass is 9.75. The zero-order valence-corrected chi connectivity index (χ0v) is 18.4. The summed E-state index contributed by atoms with van der Waals surface area (Å²) in [6.07, 6.45) is 2.01. The molecule has 0 saturated heterocycles. The number of ether oxygens (including phenoxy) is 1. The van der Waals surface area contributed by atoms with Gasteiger partial charge in [0.15, 0.2) is 0 Å². The van der Waals surface area contributed by atoms with Gasteiger partial charge in [0.05, 0.1) is 11.6 Å². The summed E-state index contributed by atoms with van der Waals surface area (Å²) in [6.45, 7) is 8.90. The molecule has 0 bridgehead atoms. The lowest BCUT2D eigenvalue weighted by Crippen LogP contribution is -2.61. The lowest BCUT2D eigenvalue weighted by molar-refractivity contribution is 0.0824. The standard InChI is InChI=1S/C24H23BrN2O/c1-14-6-10-19-21(15(14)2)23(3,4)24(27(19)5)13-26-22-18-9-8-17(25)12-16(18)7-11-20(22)28-24/h6-13H,1-5H3. The van der Waals surface area contributed by atoms with Gasteiger partial charge in [-0.3, -0.25) is 4.99 Å². The van der Waals surface area contributed by atoms with Crippen LogP contribution < -0.4 is 9.64 Å². The van der Waals surface area contributed by atoms with Gasteiger partial charge in [0, 0.05) is 22.6 Å². The first-order chi connectivity index (χ1) is 13.3. The fourth-order valence-electron chi connectivity index (χ4n) is 4.92. The molecule has 0 fully saturated rings. The van der Waals surface area contributed by atoms with E-state index in [0.29, 0.717) is 0 Å². The van der Waals surface area contributed by atoms with Crippen molar-refractivity contribution >= 4 is 44.3 Å². The summed E-state index contributed by atoms with van der Waals surface area (Å²) in [5, 5.41) is 2.26. The van der Waals surface area contributed by atoms with E-state index in [-0.39, 0.29) is 5.41 Å². The van der Waals surface area contributed by atoms with Gasteiger partial charge >= 0.3 is 0 Å². The first kappa shape index (κ1) is 17.7. The second-order valence-corrected chi connectivity index (χ2v) is 9.34. The third-order valence-corrected chi connectivity index (χ3v) is 7.14. The number of anilines is 1. The molecule has 3 aromatic rings. The highest BCUT2D eigenvalue weighted by atomic mass is 79.9. The van der Waals surface area contributed by atoms with Crippen molar-refractivity contribution in [3.8, 4) is 5.75 Å². The van der Waals surface area contributed by atoms with Crippen LogP contribution in [-0.2, 0) is 5.41 Å². The van der Waals surface area contributed by atoms with Crippen LogP contribution in [0.15, 0.2) is 51.9 Å². The molecule has 2 heterocycles. The minimum Gasteiger partial charge on any atom is -0.459 e. The number of likely N-dealkylation sites (N-methyl/N-ethyl adjacent to an activating group) is 1. The van der Waals surface area contributed by atoms with E-state index in [0.717, 1.165) is 26.7 Å². The van der Waals surface area contributed by atoms with E-state index in [1.807, 2.05) is 12.3 Å². The van der Waals surface area contributed by atoms with Gasteiger partial charge in [0.25, 0.3) is 0 Å². The van der Waals surface area contributed by atoms with Crippen molar-refractivity contribution in [3.63, 3.8) is 0 Å². The minimum absolute atomic E-state index is 0.247. The first-order valence-corrected chi connectivity index (χ1v) is 10.4. The predicted octanol–water partition coefficient (Wildman–Crippen LogP) is 6.44. The molecule has 2 aliphatic heterocycles. The van der Waals surface area contributed by atoms with Gasteiger partial charge in [-0.15, -0.1) is 0 Å². The molecule has 2 aliphatic rings. The van der Waals surface area contributed by atoms with Gasteiger partial charge in [-0.2, -0.15) is 0 Å². The van der Waals surface area contributed by atoms with E-state index in [2.05, 4.69) is 92.0 Å². The van der Waals surface area contributed by atoms with Crippen molar-refractivity contribution in [1.29, 1.82) is 0 Å². The van der Waals surface area contributed by atoms with Crippen LogP contribution >= 0.6 is 15.9 Å². The molecule has 28 heavy (non-hydrogen) atoms. The molecule has 5 rings (SSSR count). The maximum absolute atomic E-state index is 6.79. The monoisotopic (exact) mass is 434 g/mol. The second kappa shape index (κ2) is 5.60. The van der Waals surface area contributed by atoms with E-state index in [1.54, 1.807) is 0 Å². The number of benzene rings is 3. The van der Waals surface area contributed by atoms with Crippen molar-refractivity contribution in [2.75, 3.05) is 11.9 Å². The molecular weight excluding hydrogens is 412 g/mol. The van der Waals surface area contributed by atoms with Crippen molar-refractivity contribution in [2.24, 2.45) is 4.99 Å². The maximum Gasteiger partial charge on any atom is 0.228 e. The number of aryl methyl sites for hydroxylation is 1. The molecule has 0 saturated carbocycles. The van der Waals surface area contributed by atoms with Crippen molar-refractivity contribution in [2.45, 2.75) is 38.8 Å². The van der Waals surface area contributed by atoms with E-state index in [1.165, 1.54) is 22.4 Å². The highest BCUT2D eigenvalue weighted by Crippen LogP contribution is 2.55. The fourth-order valence-corrected chi connectivity index (χ4v) is 5.30. The normalized spacial score (nSPS) is 21.7. The Hall–Kier alpha value is -2.33. The van der Waals surface area contributed by atoms with Crippen molar-refractivity contribution in [3.05, 3.63) is 63.6 Å². The maximum atomic E-state index is 6.79. The SMILES string of the molecule is Cc1ccc2c(c1C)C(C)(C)C1(C=Nc3c(ccc4cc(Br)ccc34)O1)N2C. The number of nitrogens with zero attached hydrogens (tertiary/aromatic N) is 2. The van der Waals surface area contributed by atoms with Crippen LogP contribution in [-0.4, -0.2) is 19.0 Å². The zero-order chi connectivity index (χ0) is 19.8. The number of aliphatic imine (C=N–C) groups is 1. The largest absolute Gasteiger partial charge is 0.459 e. The van der Waals surface area contributed by atoms with Crippen molar-refractivity contribution in [1.82, 2.24) is 0 Å². The Morgan fingerprint density at radius 1 is 1.04 bits per heavy atom.